The summed E-state index contributed by atoms with van der Waals surface area (Å²) in [4.78, 5) is 10.9. The molecule has 0 aromatic rings. The lowest BCUT2D eigenvalue weighted by Gasteiger charge is -2.19. The molecule has 0 aliphatic carbocycles. The summed E-state index contributed by atoms with van der Waals surface area (Å²) in [6.45, 7) is 5.70. The molecule has 1 amide bonds. The number of hydrogen-bond donors (Lipinski definition) is 1. The summed E-state index contributed by atoms with van der Waals surface area (Å²) in [5, 5.41) is 2.82. The smallest absolute Gasteiger partial charge is 0.220 e. The maximum absolute atomic E-state index is 10.9. The zero-order valence-corrected chi connectivity index (χ0v) is 7.68. The first-order valence-corrected chi connectivity index (χ1v) is 3.94. The van der Waals surface area contributed by atoms with Crippen LogP contribution in [0.2, 0.25) is 0 Å². The lowest BCUT2D eigenvalue weighted by atomic mass is 10.2. The van der Waals surface area contributed by atoms with E-state index in [1.54, 1.807) is 7.11 Å². The maximum atomic E-state index is 10.9. The van der Waals surface area contributed by atoms with Crippen molar-refractivity contribution in [2.45, 2.75) is 39.3 Å². The molecular formula is C8H17NO2. The number of carbonyl (C=O) groups excluding carboxylic acids is 1. The second-order valence-corrected chi connectivity index (χ2v) is 2.65. The van der Waals surface area contributed by atoms with Gasteiger partial charge in [0.25, 0.3) is 0 Å². The highest BCUT2D eigenvalue weighted by atomic mass is 16.5. The first-order valence-electron chi connectivity index (χ1n) is 3.94. The van der Waals surface area contributed by atoms with Crippen LogP contribution < -0.4 is 5.32 Å². The number of methoxy groups -OCH3 is 1. The number of nitrogens with one attached hydrogen (secondary N) is 1. The largest absolute Gasteiger partial charge is 0.380 e. The molecule has 2 atom stereocenters. The van der Waals surface area contributed by atoms with Crippen molar-refractivity contribution in [3.8, 4) is 0 Å². The zero-order chi connectivity index (χ0) is 8.85. The molecule has 0 fully saturated rings. The quantitative estimate of drug-likeness (QED) is 0.663. The predicted molar refractivity (Wildman–Crippen MR) is 44.4 cm³/mol. The van der Waals surface area contributed by atoms with Crippen molar-refractivity contribution in [1.82, 2.24) is 5.32 Å². The molecule has 0 spiro atoms. The van der Waals surface area contributed by atoms with E-state index in [1.165, 1.54) is 0 Å². The van der Waals surface area contributed by atoms with Gasteiger partial charge in [0, 0.05) is 13.5 Å². The van der Waals surface area contributed by atoms with E-state index in [-0.39, 0.29) is 18.1 Å². The number of amides is 1. The molecule has 0 heterocycles. The molecule has 0 bridgehead atoms. The number of hydrogen-bond acceptors (Lipinski definition) is 2. The van der Waals surface area contributed by atoms with Gasteiger partial charge >= 0.3 is 0 Å². The minimum atomic E-state index is 0.0707. The van der Waals surface area contributed by atoms with Gasteiger partial charge in [0.05, 0.1) is 12.1 Å². The summed E-state index contributed by atoms with van der Waals surface area (Å²) >= 11 is 0. The monoisotopic (exact) mass is 159 g/mol. The Kier molecular flexibility index (Phi) is 4.86. The average molecular weight is 159 g/mol. The summed E-state index contributed by atoms with van der Waals surface area (Å²) in [5.41, 5.74) is 0. The van der Waals surface area contributed by atoms with Gasteiger partial charge in [0.1, 0.15) is 0 Å². The van der Waals surface area contributed by atoms with Crippen LogP contribution in [0.15, 0.2) is 0 Å². The van der Waals surface area contributed by atoms with E-state index >= 15 is 0 Å². The average Bonchev–Trinajstić information content (AvgIpc) is 2.02. The SMILES string of the molecule is CCC(=O)N[C@@H](C)C(C)OC. The fraction of sp³-hybridized carbons (Fsp3) is 0.875. The Morgan fingerprint density at radius 3 is 2.45 bits per heavy atom. The molecule has 3 nitrogen and oxygen atoms in total. The maximum Gasteiger partial charge on any atom is 0.220 e. The Morgan fingerprint density at radius 2 is 2.09 bits per heavy atom. The predicted octanol–water partition coefficient (Wildman–Crippen LogP) is 0.936. The van der Waals surface area contributed by atoms with E-state index in [9.17, 15) is 4.79 Å². The molecule has 0 saturated heterocycles. The second kappa shape index (κ2) is 5.13. The second-order valence-electron chi connectivity index (χ2n) is 2.65. The van der Waals surface area contributed by atoms with Crippen molar-refractivity contribution >= 4 is 5.91 Å². The molecule has 66 valence electrons. The van der Waals surface area contributed by atoms with Gasteiger partial charge in [-0.25, -0.2) is 0 Å². The van der Waals surface area contributed by atoms with E-state index in [0.29, 0.717) is 6.42 Å². The third-order valence-corrected chi connectivity index (χ3v) is 1.79. The normalized spacial score (nSPS) is 15.6. The summed E-state index contributed by atoms with van der Waals surface area (Å²) in [6, 6.07) is 0.0902. The molecule has 0 aromatic heterocycles. The van der Waals surface area contributed by atoms with Crippen LogP contribution in [0.3, 0.4) is 0 Å². The van der Waals surface area contributed by atoms with Gasteiger partial charge in [-0.2, -0.15) is 0 Å². The van der Waals surface area contributed by atoms with E-state index < -0.39 is 0 Å². The molecular weight excluding hydrogens is 142 g/mol. The number of rotatable bonds is 4. The van der Waals surface area contributed by atoms with E-state index in [1.807, 2.05) is 20.8 Å². The van der Waals surface area contributed by atoms with Gasteiger partial charge in [0.15, 0.2) is 0 Å². The standard InChI is InChI=1S/C8H17NO2/c1-5-8(10)9-6(2)7(3)11-4/h6-7H,5H2,1-4H3,(H,9,10)/t6-,7?/m0/s1. The Labute approximate surface area is 68.1 Å². The van der Waals surface area contributed by atoms with Crippen molar-refractivity contribution < 1.29 is 9.53 Å². The molecule has 1 unspecified atom stereocenters. The number of ether oxygens (including phenoxy) is 1. The first-order chi connectivity index (χ1) is 5.11. The van der Waals surface area contributed by atoms with E-state index in [2.05, 4.69) is 5.32 Å². The van der Waals surface area contributed by atoms with Crippen molar-refractivity contribution in [2.24, 2.45) is 0 Å². The molecule has 0 aliphatic heterocycles. The van der Waals surface area contributed by atoms with E-state index in [4.69, 9.17) is 4.74 Å². The summed E-state index contributed by atoms with van der Waals surface area (Å²) < 4.78 is 5.04. The minimum Gasteiger partial charge on any atom is -0.380 e. The van der Waals surface area contributed by atoms with Gasteiger partial charge in [-0.3, -0.25) is 4.79 Å². The molecule has 0 saturated carbocycles. The summed E-state index contributed by atoms with van der Waals surface area (Å²) in [6.07, 6.45) is 0.603. The van der Waals surface area contributed by atoms with Crippen LogP contribution in [0.1, 0.15) is 27.2 Å². The fourth-order valence-electron chi connectivity index (χ4n) is 0.677. The van der Waals surface area contributed by atoms with Gasteiger partial charge in [0.2, 0.25) is 5.91 Å². The molecule has 0 rings (SSSR count). The van der Waals surface area contributed by atoms with Gasteiger partial charge in [-0.05, 0) is 13.8 Å². The Morgan fingerprint density at radius 1 is 1.55 bits per heavy atom. The lowest BCUT2D eigenvalue weighted by molar-refractivity contribution is -0.122. The Balaban J connectivity index is 3.67. The fourth-order valence-corrected chi connectivity index (χ4v) is 0.677. The molecule has 0 aliphatic rings. The van der Waals surface area contributed by atoms with Crippen molar-refractivity contribution in [2.75, 3.05) is 7.11 Å². The Hall–Kier alpha value is -0.570. The topological polar surface area (TPSA) is 38.3 Å². The first kappa shape index (κ1) is 10.4. The molecule has 1 N–H and O–H groups in total. The highest BCUT2D eigenvalue weighted by molar-refractivity contribution is 5.75. The van der Waals surface area contributed by atoms with E-state index in [0.717, 1.165) is 0 Å². The minimum absolute atomic E-state index is 0.0707. The molecule has 0 aromatic carbocycles. The highest BCUT2D eigenvalue weighted by Gasteiger charge is 2.11. The van der Waals surface area contributed by atoms with Crippen LogP contribution in [0.25, 0.3) is 0 Å². The molecule has 11 heavy (non-hydrogen) atoms. The van der Waals surface area contributed by atoms with Crippen LogP contribution >= 0.6 is 0 Å². The van der Waals surface area contributed by atoms with Crippen LogP contribution in [-0.2, 0) is 9.53 Å². The lowest BCUT2D eigenvalue weighted by Crippen LogP contribution is -2.40. The zero-order valence-electron chi connectivity index (χ0n) is 7.68. The van der Waals surface area contributed by atoms with Crippen molar-refractivity contribution in [3.05, 3.63) is 0 Å². The molecule has 0 radical (unpaired) electrons. The molecule has 3 heteroatoms. The van der Waals surface area contributed by atoms with Gasteiger partial charge in [-0.1, -0.05) is 6.92 Å². The third-order valence-electron chi connectivity index (χ3n) is 1.79. The van der Waals surface area contributed by atoms with Crippen molar-refractivity contribution in [3.63, 3.8) is 0 Å². The van der Waals surface area contributed by atoms with Crippen LogP contribution in [-0.4, -0.2) is 25.2 Å². The summed E-state index contributed by atoms with van der Waals surface area (Å²) in [7, 11) is 1.64. The van der Waals surface area contributed by atoms with Gasteiger partial charge < -0.3 is 10.1 Å². The van der Waals surface area contributed by atoms with Crippen LogP contribution in [0.5, 0.6) is 0 Å². The Bertz CT molecular complexity index is 125. The van der Waals surface area contributed by atoms with Crippen LogP contribution in [0.4, 0.5) is 0 Å². The van der Waals surface area contributed by atoms with Gasteiger partial charge in [-0.15, -0.1) is 0 Å². The highest BCUT2D eigenvalue weighted by Crippen LogP contribution is 1.95. The summed E-state index contributed by atoms with van der Waals surface area (Å²) in [5.74, 6) is 0.0707. The third kappa shape index (κ3) is 3.98. The van der Waals surface area contributed by atoms with Crippen LogP contribution in [0, 0.1) is 0 Å². The van der Waals surface area contributed by atoms with Crippen molar-refractivity contribution in [1.29, 1.82) is 0 Å². The number of carbonyl (C=O) groups is 1.